The Morgan fingerprint density at radius 3 is 2.89 bits per heavy atom. The highest BCUT2D eigenvalue weighted by atomic mass is 19.4. The molecule has 1 aliphatic heterocycles. The van der Waals surface area contributed by atoms with E-state index in [2.05, 4.69) is 10.8 Å². The van der Waals surface area contributed by atoms with Crippen molar-refractivity contribution in [3.8, 4) is 5.75 Å². The van der Waals surface area contributed by atoms with Crippen molar-refractivity contribution < 1.29 is 23.0 Å². The summed E-state index contributed by atoms with van der Waals surface area (Å²) >= 11 is 0. The average molecular weight is 260 g/mol. The van der Waals surface area contributed by atoms with Crippen molar-refractivity contribution in [1.82, 2.24) is 0 Å². The summed E-state index contributed by atoms with van der Waals surface area (Å²) in [5, 5.41) is 9.04. The zero-order chi connectivity index (χ0) is 13.2. The number of alkyl halides is 3. The normalized spacial score (nSPS) is 20.2. The van der Waals surface area contributed by atoms with Crippen molar-refractivity contribution >= 4 is 5.69 Å². The summed E-state index contributed by atoms with van der Waals surface area (Å²) in [7, 11) is 0. The van der Waals surface area contributed by atoms with Gasteiger partial charge in [0.1, 0.15) is 0 Å². The highest BCUT2D eigenvalue weighted by molar-refractivity contribution is 5.58. The third-order valence-corrected chi connectivity index (χ3v) is 2.91. The molecule has 1 aromatic rings. The number of rotatable bonds is 3. The summed E-state index contributed by atoms with van der Waals surface area (Å²) in [5.41, 5.74) is 0.366. The molecule has 2 rings (SSSR count). The van der Waals surface area contributed by atoms with Gasteiger partial charge >= 0.3 is 6.36 Å². The molecule has 1 atom stereocenters. The van der Waals surface area contributed by atoms with Crippen LogP contribution in [0.5, 0.6) is 5.75 Å². The van der Waals surface area contributed by atoms with Crippen LogP contribution in [0.4, 0.5) is 18.9 Å². The first-order valence-corrected chi connectivity index (χ1v) is 5.61. The van der Waals surface area contributed by atoms with Gasteiger partial charge in [-0.05, 0) is 24.6 Å². The minimum absolute atomic E-state index is 0.0442. The van der Waals surface area contributed by atoms with Crippen molar-refractivity contribution in [3.63, 3.8) is 0 Å². The third kappa shape index (κ3) is 3.07. The third-order valence-electron chi connectivity index (χ3n) is 2.91. The molecule has 3 nitrogen and oxygen atoms in total. The molecule has 0 saturated carbocycles. The summed E-state index contributed by atoms with van der Waals surface area (Å²) in [5.74, 6) is -0.121. The lowest BCUT2D eigenvalue weighted by Gasteiger charge is -2.22. The molecule has 6 heteroatoms. The summed E-state index contributed by atoms with van der Waals surface area (Å²) in [6, 6.07) is 6.84. The molecule has 0 amide bonds. The lowest BCUT2D eigenvalue weighted by Crippen LogP contribution is -2.24. The van der Waals surface area contributed by atoms with E-state index in [9.17, 15) is 13.2 Å². The molecule has 0 unspecified atom stereocenters. The van der Waals surface area contributed by atoms with E-state index < -0.39 is 6.36 Å². The molecular weight excluding hydrogens is 247 g/mol. The fourth-order valence-electron chi connectivity index (χ4n) is 2.07. The molecule has 0 bridgehead atoms. The Morgan fingerprint density at radius 1 is 1.50 bits per heavy atom. The van der Waals surface area contributed by atoms with Gasteiger partial charge in [-0.15, -0.1) is 13.2 Å². The van der Waals surface area contributed by atoms with Crippen molar-refractivity contribution in [1.29, 1.82) is 0 Å². The molecule has 1 aliphatic rings. The maximum Gasteiger partial charge on any atom is 0.573 e. The van der Waals surface area contributed by atoms with Crippen molar-refractivity contribution in [2.45, 2.75) is 12.8 Å². The van der Waals surface area contributed by atoms with Gasteiger partial charge in [0.15, 0.2) is 5.75 Å². The van der Waals surface area contributed by atoms with Crippen LogP contribution in [0, 0.1) is 12.0 Å². The Bertz CT molecular complexity index is 409. The van der Waals surface area contributed by atoms with E-state index in [4.69, 9.17) is 5.11 Å². The van der Waals surface area contributed by atoms with Crippen LogP contribution >= 0.6 is 0 Å². The first-order chi connectivity index (χ1) is 8.49. The van der Waals surface area contributed by atoms with Gasteiger partial charge in [0, 0.05) is 25.6 Å². The van der Waals surface area contributed by atoms with Gasteiger partial charge in [0.2, 0.25) is 0 Å². The molecule has 1 fully saturated rings. The Kier molecular flexibility index (Phi) is 3.65. The van der Waals surface area contributed by atoms with Crippen LogP contribution in [-0.2, 0) is 0 Å². The van der Waals surface area contributed by atoms with E-state index in [1.165, 1.54) is 18.2 Å². The Hall–Kier alpha value is -1.43. The predicted octanol–water partition coefficient (Wildman–Crippen LogP) is 2.20. The molecule has 1 aromatic carbocycles. The highest BCUT2D eigenvalue weighted by Gasteiger charge is 2.33. The average Bonchev–Trinajstić information content (AvgIpc) is 2.76. The van der Waals surface area contributed by atoms with Crippen LogP contribution in [0.15, 0.2) is 18.2 Å². The number of halogens is 3. The smallest absolute Gasteiger partial charge is 0.404 e. The number of nitrogens with zero attached hydrogens (tertiary/aromatic N) is 1. The maximum absolute atomic E-state index is 12.3. The van der Waals surface area contributed by atoms with Gasteiger partial charge in [-0.1, -0.05) is 6.07 Å². The second kappa shape index (κ2) is 5.06. The van der Waals surface area contributed by atoms with Crippen LogP contribution in [-0.4, -0.2) is 31.2 Å². The summed E-state index contributed by atoms with van der Waals surface area (Å²) < 4.78 is 40.8. The first-order valence-electron chi connectivity index (χ1n) is 5.61. The van der Waals surface area contributed by atoms with Gasteiger partial charge in [-0.3, -0.25) is 0 Å². The highest BCUT2D eigenvalue weighted by Crippen LogP contribution is 2.35. The van der Waals surface area contributed by atoms with Gasteiger partial charge in [-0.2, -0.15) is 0 Å². The molecule has 0 aliphatic carbocycles. The Balaban J connectivity index is 2.18. The van der Waals surface area contributed by atoms with Crippen LogP contribution in [0.25, 0.3) is 0 Å². The number of aliphatic hydroxyl groups excluding tert-OH is 1. The quantitative estimate of drug-likeness (QED) is 0.904. The monoisotopic (exact) mass is 260 g/mol. The Labute approximate surface area is 103 Å². The van der Waals surface area contributed by atoms with Crippen molar-refractivity contribution in [2.75, 3.05) is 24.6 Å². The van der Waals surface area contributed by atoms with Crippen LogP contribution in [0.3, 0.4) is 0 Å². The zero-order valence-corrected chi connectivity index (χ0v) is 9.57. The largest absolute Gasteiger partial charge is 0.573 e. The van der Waals surface area contributed by atoms with Gasteiger partial charge in [-0.25, -0.2) is 0 Å². The molecule has 0 aromatic heterocycles. The molecule has 18 heavy (non-hydrogen) atoms. The minimum atomic E-state index is -4.70. The van der Waals surface area contributed by atoms with E-state index in [0.29, 0.717) is 18.8 Å². The van der Waals surface area contributed by atoms with Crippen LogP contribution in [0.1, 0.15) is 6.42 Å². The molecule has 1 heterocycles. The van der Waals surface area contributed by atoms with E-state index in [-0.39, 0.29) is 18.3 Å². The summed E-state index contributed by atoms with van der Waals surface area (Å²) in [6.45, 7) is 1.18. The Morgan fingerprint density at radius 2 is 2.28 bits per heavy atom. The zero-order valence-electron chi connectivity index (χ0n) is 9.57. The molecular formula is C12H13F3NO2. The summed E-state index contributed by atoms with van der Waals surface area (Å²) in [4.78, 5) is 1.78. The number of ether oxygens (including phenoxy) is 1. The predicted molar refractivity (Wildman–Crippen MR) is 59.4 cm³/mol. The van der Waals surface area contributed by atoms with E-state index in [0.717, 1.165) is 6.42 Å². The number of anilines is 1. The molecule has 1 N–H and O–H groups in total. The lowest BCUT2D eigenvalue weighted by molar-refractivity contribution is -0.274. The van der Waals surface area contributed by atoms with Crippen LogP contribution < -0.4 is 9.64 Å². The van der Waals surface area contributed by atoms with Crippen molar-refractivity contribution in [3.05, 3.63) is 24.3 Å². The SMILES string of the molecule is OC[C@H]1CCN(c2c[c]ccc2OC(F)(F)F)C1. The topological polar surface area (TPSA) is 32.7 Å². The summed E-state index contributed by atoms with van der Waals surface area (Å²) in [6.07, 6.45) is -3.94. The fraction of sp³-hybridized carbons (Fsp3) is 0.500. The van der Waals surface area contributed by atoms with E-state index >= 15 is 0 Å². The van der Waals surface area contributed by atoms with Crippen LogP contribution in [0.2, 0.25) is 0 Å². The lowest BCUT2D eigenvalue weighted by atomic mass is 10.1. The molecule has 99 valence electrons. The number of hydrogen-bond acceptors (Lipinski definition) is 3. The van der Waals surface area contributed by atoms with E-state index in [1.54, 1.807) is 4.90 Å². The second-order valence-electron chi connectivity index (χ2n) is 4.22. The first kappa shape index (κ1) is 13.0. The fourth-order valence-corrected chi connectivity index (χ4v) is 2.07. The molecule has 0 spiro atoms. The minimum Gasteiger partial charge on any atom is -0.404 e. The molecule has 1 saturated heterocycles. The maximum atomic E-state index is 12.3. The van der Waals surface area contributed by atoms with Crippen molar-refractivity contribution in [2.24, 2.45) is 5.92 Å². The van der Waals surface area contributed by atoms with E-state index in [1.807, 2.05) is 0 Å². The molecule has 1 radical (unpaired) electrons. The number of hydrogen-bond donors (Lipinski definition) is 1. The second-order valence-corrected chi connectivity index (χ2v) is 4.22. The number of aliphatic hydroxyl groups is 1. The standard InChI is InChI=1S/C12H13F3NO2/c13-12(14,15)18-11-4-2-1-3-10(11)16-6-5-9(7-16)8-17/h2-4,9,17H,5-8H2/t9-/m0/s1. The number of benzene rings is 1. The van der Waals surface area contributed by atoms with Gasteiger partial charge < -0.3 is 14.7 Å². The van der Waals surface area contributed by atoms with Gasteiger partial charge in [0.25, 0.3) is 0 Å². The van der Waals surface area contributed by atoms with Gasteiger partial charge in [0.05, 0.1) is 5.69 Å².